The summed E-state index contributed by atoms with van der Waals surface area (Å²) in [4.78, 5) is 0. The third-order valence-corrected chi connectivity index (χ3v) is 4.41. The van der Waals surface area contributed by atoms with Crippen LogP contribution in [-0.2, 0) is 13.5 Å². The predicted molar refractivity (Wildman–Crippen MR) is 68.8 cm³/mol. The van der Waals surface area contributed by atoms with E-state index in [0.29, 0.717) is 5.54 Å². The highest BCUT2D eigenvalue weighted by Crippen LogP contribution is 2.45. The lowest BCUT2D eigenvalue weighted by molar-refractivity contribution is 0.271. The molecule has 3 rings (SSSR count). The van der Waals surface area contributed by atoms with Crippen LogP contribution in [0.15, 0.2) is 12.4 Å². The number of hydrogen-bond acceptors (Lipinski definition) is 2. The zero-order valence-corrected chi connectivity index (χ0v) is 10.8. The highest BCUT2D eigenvalue weighted by atomic mass is 15.2. The van der Waals surface area contributed by atoms with Gasteiger partial charge in [-0.15, -0.1) is 0 Å². The Hall–Kier alpha value is -0.830. The number of aryl methyl sites for hydroxylation is 1. The molecule has 1 N–H and O–H groups in total. The Kier molecular flexibility index (Phi) is 2.95. The van der Waals surface area contributed by atoms with Gasteiger partial charge in [-0.3, -0.25) is 4.68 Å². The summed E-state index contributed by atoms with van der Waals surface area (Å²) in [5, 5.41) is 8.18. The average Bonchev–Trinajstić information content (AvgIpc) is 3.09. The first-order valence-electron chi connectivity index (χ1n) is 7.01. The van der Waals surface area contributed by atoms with E-state index in [2.05, 4.69) is 16.6 Å². The maximum atomic E-state index is 4.31. The Labute approximate surface area is 104 Å². The Morgan fingerprint density at radius 2 is 2.29 bits per heavy atom. The van der Waals surface area contributed by atoms with Crippen molar-refractivity contribution >= 4 is 0 Å². The lowest BCUT2D eigenvalue weighted by Gasteiger charge is -2.34. The van der Waals surface area contributed by atoms with Crippen LogP contribution < -0.4 is 5.32 Å². The molecule has 1 atom stereocenters. The molecule has 17 heavy (non-hydrogen) atoms. The molecule has 94 valence electrons. The molecule has 1 aliphatic heterocycles. The van der Waals surface area contributed by atoms with E-state index in [0.717, 1.165) is 5.92 Å². The van der Waals surface area contributed by atoms with Gasteiger partial charge < -0.3 is 5.32 Å². The molecule has 3 heteroatoms. The molecule has 3 nitrogen and oxygen atoms in total. The normalized spacial score (nSPS) is 30.2. The highest BCUT2D eigenvalue weighted by Gasteiger charge is 2.44. The molecule has 1 aromatic heterocycles. The van der Waals surface area contributed by atoms with Crippen LogP contribution in [0, 0.1) is 5.92 Å². The highest BCUT2D eigenvalue weighted by molar-refractivity contribution is 5.14. The van der Waals surface area contributed by atoms with Gasteiger partial charge in [0.05, 0.1) is 6.20 Å². The van der Waals surface area contributed by atoms with Crippen LogP contribution in [0.25, 0.3) is 0 Å². The summed E-state index contributed by atoms with van der Waals surface area (Å²) in [6.45, 7) is 1.21. The number of aromatic nitrogens is 2. The Morgan fingerprint density at radius 3 is 3.00 bits per heavy atom. The standard InChI is InChI=1S/C14H23N3/c1-17-11-12(10-16-17)9-14(13-5-6-13)7-3-2-4-8-15-14/h10-11,13,15H,2-9H2,1H3. The monoisotopic (exact) mass is 233 g/mol. The van der Waals surface area contributed by atoms with Gasteiger partial charge in [-0.05, 0) is 50.1 Å². The van der Waals surface area contributed by atoms with Crippen LogP contribution in [0.4, 0.5) is 0 Å². The van der Waals surface area contributed by atoms with Crippen LogP contribution in [0.2, 0.25) is 0 Å². The fourth-order valence-corrected chi connectivity index (χ4v) is 3.37. The smallest absolute Gasteiger partial charge is 0.0522 e. The molecule has 1 saturated carbocycles. The molecule has 1 saturated heterocycles. The van der Waals surface area contributed by atoms with Crippen molar-refractivity contribution in [1.82, 2.24) is 15.1 Å². The van der Waals surface area contributed by atoms with E-state index in [9.17, 15) is 0 Å². The molecule has 1 aromatic rings. The third-order valence-electron chi connectivity index (χ3n) is 4.41. The second-order valence-corrected chi connectivity index (χ2v) is 5.87. The molecular formula is C14H23N3. The predicted octanol–water partition coefficient (Wildman–Crippen LogP) is 2.28. The fraction of sp³-hybridized carbons (Fsp3) is 0.786. The van der Waals surface area contributed by atoms with Gasteiger partial charge in [0.25, 0.3) is 0 Å². The topological polar surface area (TPSA) is 29.9 Å². The largest absolute Gasteiger partial charge is 0.311 e. The van der Waals surface area contributed by atoms with Crippen LogP contribution >= 0.6 is 0 Å². The van der Waals surface area contributed by atoms with Gasteiger partial charge in [-0.25, -0.2) is 0 Å². The molecule has 2 aliphatic rings. The SMILES string of the molecule is Cn1cc(CC2(C3CC3)CCCCCN2)cn1. The van der Waals surface area contributed by atoms with Gasteiger partial charge in [0.15, 0.2) is 0 Å². The lowest BCUT2D eigenvalue weighted by Crippen LogP contribution is -2.48. The molecule has 0 radical (unpaired) electrons. The molecular weight excluding hydrogens is 210 g/mol. The average molecular weight is 233 g/mol. The van der Waals surface area contributed by atoms with Gasteiger partial charge in [0.2, 0.25) is 0 Å². The van der Waals surface area contributed by atoms with Gasteiger partial charge in [-0.1, -0.05) is 12.8 Å². The molecule has 0 aromatic carbocycles. The van der Waals surface area contributed by atoms with E-state index >= 15 is 0 Å². The first-order chi connectivity index (χ1) is 8.28. The molecule has 2 fully saturated rings. The maximum absolute atomic E-state index is 4.31. The zero-order valence-electron chi connectivity index (χ0n) is 10.8. The summed E-state index contributed by atoms with van der Waals surface area (Å²) in [7, 11) is 2.01. The lowest BCUT2D eigenvalue weighted by atomic mass is 9.83. The van der Waals surface area contributed by atoms with Crippen molar-refractivity contribution in [2.24, 2.45) is 13.0 Å². The second-order valence-electron chi connectivity index (χ2n) is 5.87. The second kappa shape index (κ2) is 4.45. The molecule has 0 bridgehead atoms. The molecule has 1 unspecified atom stereocenters. The minimum Gasteiger partial charge on any atom is -0.311 e. The number of hydrogen-bond donors (Lipinski definition) is 1. The van der Waals surface area contributed by atoms with Gasteiger partial charge >= 0.3 is 0 Å². The first-order valence-corrected chi connectivity index (χ1v) is 7.01. The Morgan fingerprint density at radius 1 is 1.41 bits per heavy atom. The van der Waals surface area contributed by atoms with Crippen LogP contribution in [-0.4, -0.2) is 21.9 Å². The summed E-state index contributed by atoms with van der Waals surface area (Å²) in [6, 6.07) is 0. The zero-order chi connectivity index (χ0) is 11.7. The van der Waals surface area contributed by atoms with Crippen molar-refractivity contribution < 1.29 is 0 Å². The minimum absolute atomic E-state index is 0.388. The van der Waals surface area contributed by atoms with E-state index in [1.54, 1.807) is 0 Å². The van der Waals surface area contributed by atoms with Crippen molar-refractivity contribution in [3.63, 3.8) is 0 Å². The van der Waals surface area contributed by atoms with Crippen molar-refractivity contribution in [1.29, 1.82) is 0 Å². The van der Waals surface area contributed by atoms with Gasteiger partial charge in [0, 0.05) is 18.8 Å². The number of rotatable bonds is 3. The summed E-state index contributed by atoms with van der Waals surface area (Å²) < 4.78 is 1.92. The maximum Gasteiger partial charge on any atom is 0.0522 e. The van der Waals surface area contributed by atoms with E-state index in [4.69, 9.17) is 0 Å². The van der Waals surface area contributed by atoms with Crippen LogP contribution in [0.5, 0.6) is 0 Å². The van der Waals surface area contributed by atoms with Crippen molar-refractivity contribution in [3.05, 3.63) is 18.0 Å². The fourth-order valence-electron chi connectivity index (χ4n) is 3.37. The van der Waals surface area contributed by atoms with E-state index in [1.807, 2.05) is 17.9 Å². The molecule has 2 heterocycles. The molecule has 0 spiro atoms. The number of nitrogens with one attached hydrogen (secondary N) is 1. The van der Waals surface area contributed by atoms with Crippen molar-refractivity contribution in [3.8, 4) is 0 Å². The van der Waals surface area contributed by atoms with E-state index in [-0.39, 0.29) is 0 Å². The van der Waals surface area contributed by atoms with Crippen LogP contribution in [0.3, 0.4) is 0 Å². The molecule has 1 aliphatic carbocycles. The van der Waals surface area contributed by atoms with E-state index in [1.165, 1.54) is 57.1 Å². The summed E-state index contributed by atoms with van der Waals surface area (Å²) in [5.74, 6) is 0.917. The first kappa shape index (κ1) is 11.3. The van der Waals surface area contributed by atoms with Gasteiger partial charge in [-0.2, -0.15) is 5.10 Å². The van der Waals surface area contributed by atoms with Crippen molar-refractivity contribution in [2.45, 2.75) is 50.5 Å². The summed E-state index contributed by atoms with van der Waals surface area (Å²) in [6.07, 6.45) is 13.7. The summed E-state index contributed by atoms with van der Waals surface area (Å²) in [5.41, 5.74) is 1.79. The Bertz CT molecular complexity index is 371. The Balaban J connectivity index is 1.78. The van der Waals surface area contributed by atoms with Crippen molar-refractivity contribution in [2.75, 3.05) is 6.54 Å². The van der Waals surface area contributed by atoms with Gasteiger partial charge in [0.1, 0.15) is 0 Å². The van der Waals surface area contributed by atoms with E-state index < -0.39 is 0 Å². The summed E-state index contributed by atoms with van der Waals surface area (Å²) >= 11 is 0. The minimum atomic E-state index is 0.388. The quantitative estimate of drug-likeness (QED) is 0.868. The number of nitrogens with zero attached hydrogens (tertiary/aromatic N) is 2. The van der Waals surface area contributed by atoms with Crippen LogP contribution in [0.1, 0.15) is 44.1 Å². The molecule has 0 amide bonds. The third kappa shape index (κ3) is 2.39.